The van der Waals surface area contributed by atoms with Gasteiger partial charge in [-0.25, -0.2) is 9.79 Å². The van der Waals surface area contributed by atoms with Crippen LogP contribution in [0.5, 0.6) is 0 Å². The maximum absolute atomic E-state index is 13.5. The van der Waals surface area contributed by atoms with Crippen LogP contribution >= 0.6 is 34.5 Å². The lowest BCUT2D eigenvalue weighted by Gasteiger charge is -2.24. The molecule has 0 amide bonds. The summed E-state index contributed by atoms with van der Waals surface area (Å²) in [6.45, 7) is 5.73. The van der Waals surface area contributed by atoms with Crippen LogP contribution in [0.1, 0.15) is 36.6 Å². The number of thiazole rings is 1. The molecule has 1 aliphatic rings. The zero-order chi connectivity index (χ0) is 23.0. The van der Waals surface area contributed by atoms with Gasteiger partial charge in [0.2, 0.25) is 0 Å². The number of allylic oxidation sites excluding steroid dienone is 1. The van der Waals surface area contributed by atoms with Crippen molar-refractivity contribution in [2.45, 2.75) is 26.8 Å². The molecule has 1 aromatic heterocycles. The van der Waals surface area contributed by atoms with Crippen molar-refractivity contribution in [3.05, 3.63) is 100 Å². The molecule has 2 heterocycles. The van der Waals surface area contributed by atoms with E-state index in [2.05, 4.69) is 4.99 Å². The molecule has 5 nitrogen and oxygen atoms in total. The van der Waals surface area contributed by atoms with Crippen LogP contribution in [0.3, 0.4) is 0 Å². The Bertz CT molecular complexity index is 1420. The molecule has 0 saturated heterocycles. The molecule has 0 saturated carbocycles. The molecule has 0 unspecified atom stereocenters. The van der Waals surface area contributed by atoms with E-state index in [4.69, 9.17) is 27.9 Å². The summed E-state index contributed by atoms with van der Waals surface area (Å²) >= 11 is 13.6. The molecule has 3 aromatic rings. The smallest absolute Gasteiger partial charge is 0.338 e. The van der Waals surface area contributed by atoms with Gasteiger partial charge in [-0.05, 0) is 50.1 Å². The molecule has 164 valence electrons. The predicted octanol–water partition coefficient (Wildman–Crippen LogP) is 4.41. The second-order valence-electron chi connectivity index (χ2n) is 7.38. The summed E-state index contributed by atoms with van der Waals surface area (Å²) in [7, 11) is 0. The number of carbonyl (C=O) groups is 1. The van der Waals surface area contributed by atoms with Gasteiger partial charge in [0, 0.05) is 10.0 Å². The third-order valence-corrected chi connectivity index (χ3v) is 6.70. The molecule has 0 bridgehead atoms. The van der Waals surface area contributed by atoms with E-state index in [0.717, 1.165) is 11.1 Å². The van der Waals surface area contributed by atoms with Crippen LogP contribution in [-0.4, -0.2) is 17.1 Å². The normalized spacial score (nSPS) is 16.0. The highest BCUT2D eigenvalue weighted by Gasteiger charge is 2.33. The van der Waals surface area contributed by atoms with Gasteiger partial charge in [-0.2, -0.15) is 0 Å². The molecule has 2 aromatic carbocycles. The van der Waals surface area contributed by atoms with Crippen molar-refractivity contribution in [2.24, 2.45) is 4.99 Å². The van der Waals surface area contributed by atoms with Crippen molar-refractivity contribution in [3.63, 3.8) is 0 Å². The van der Waals surface area contributed by atoms with E-state index in [0.29, 0.717) is 36.2 Å². The van der Waals surface area contributed by atoms with E-state index in [1.165, 1.54) is 11.3 Å². The number of hydrogen-bond donors (Lipinski definition) is 0. The van der Waals surface area contributed by atoms with Crippen molar-refractivity contribution in [3.8, 4) is 0 Å². The Kier molecular flexibility index (Phi) is 6.38. The SMILES string of the molecule is CCOC(=O)C1=C(C)N=c2s/c(=C/c3ccc(Cl)cc3Cl)c(=O)n2[C@@H]1c1ccc(C)cc1. The summed E-state index contributed by atoms with van der Waals surface area (Å²) in [5.74, 6) is -0.477. The zero-order valence-corrected chi connectivity index (χ0v) is 20.0. The van der Waals surface area contributed by atoms with Crippen molar-refractivity contribution >= 4 is 46.6 Å². The fraction of sp³-hybridized carbons (Fsp3) is 0.208. The average molecular weight is 487 g/mol. The first kappa shape index (κ1) is 22.5. The van der Waals surface area contributed by atoms with Crippen LogP contribution < -0.4 is 14.9 Å². The second kappa shape index (κ2) is 9.06. The summed E-state index contributed by atoms with van der Waals surface area (Å²) in [5, 5.41) is 0.962. The first-order chi connectivity index (χ1) is 15.3. The van der Waals surface area contributed by atoms with Crippen LogP contribution in [0.2, 0.25) is 10.0 Å². The fourth-order valence-electron chi connectivity index (χ4n) is 3.62. The van der Waals surface area contributed by atoms with Crippen molar-refractivity contribution in [1.82, 2.24) is 4.57 Å². The Morgan fingerprint density at radius 2 is 1.91 bits per heavy atom. The first-order valence-electron chi connectivity index (χ1n) is 10.0. The standard InChI is InChI=1S/C24H20Cl2N2O3S/c1-4-31-23(30)20-14(3)27-24-28(21(20)15-7-5-13(2)6-8-15)22(29)19(32-24)11-16-9-10-17(25)12-18(16)26/h5-12,21H,4H2,1-3H3/b19-11+/t21-/m1/s1. The summed E-state index contributed by atoms with van der Waals surface area (Å²) < 4.78 is 7.33. The minimum Gasteiger partial charge on any atom is -0.463 e. The molecule has 0 N–H and O–H groups in total. The highest BCUT2D eigenvalue weighted by Crippen LogP contribution is 2.31. The van der Waals surface area contributed by atoms with E-state index in [9.17, 15) is 9.59 Å². The van der Waals surface area contributed by atoms with Gasteiger partial charge in [-0.1, -0.05) is 70.4 Å². The molecule has 0 radical (unpaired) electrons. The number of rotatable bonds is 4. The summed E-state index contributed by atoms with van der Waals surface area (Å²) in [6, 6.07) is 12.2. The third kappa shape index (κ3) is 4.18. The van der Waals surface area contributed by atoms with Gasteiger partial charge in [0.15, 0.2) is 4.80 Å². The van der Waals surface area contributed by atoms with Gasteiger partial charge in [-0.3, -0.25) is 9.36 Å². The topological polar surface area (TPSA) is 60.7 Å². The number of carbonyl (C=O) groups excluding carboxylic acids is 1. The van der Waals surface area contributed by atoms with E-state index >= 15 is 0 Å². The number of halogens is 2. The largest absolute Gasteiger partial charge is 0.463 e. The zero-order valence-electron chi connectivity index (χ0n) is 17.7. The average Bonchev–Trinajstić information content (AvgIpc) is 3.04. The Hall–Kier alpha value is -2.67. The molecular weight excluding hydrogens is 467 g/mol. The van der Waals surface area contributed by atoms with Gasteiger partial charge in [0.05, 0.1) is 28.5 Å². The fourth-order valence-corrected chi connectivity index (χ4v) is 5.12. The number of aromatic nitrogens is 1. The number of ether oxygens (including phenoxy) is 1. The lowest BCUT2D eigenvalue weighted by Crippen LogP contribution is -2.39. The summed E-state index contributed by atoms with van der Waals surface area (Å²) in [6.07, 6.45) is 1.72. The van der Waals surface area contributed by atoms with E-state index in [1.807, 2.05) is 31.2 Å². The predicted molar refractivity (Wildman–Crippen MR) is 128 cm³/mol. The molecule has 1 atom stereocenters. The Balaban J connectivity index is 1.96. The highest BCUT2D eigenvalue weighted by molar-refractivity contribution is 7.07. The number of nitrogens with zero attached hydrogens (tertiary/aromatic N) is 2. The number of hydrogen-bond acceptors (Lipinski definition) is 5. The lowest BCUT2D eigenvalue weighted by molar-refractivity contribution is -0.139. The van der Waals surface area contributed by atoms with Gasteiger partial charge in [-0.15, -0.1) is 0 Å². The molecule has 8 heteroatoms. The van der Waals surface area contributed by atoms with Crippen molar-refractivity contribution < 1.29 is 9.53 Å². The van der Waals surface area contributed by atoms with E-state index in [-0.39, 0.29) is 12.2 Å². The van der Waals surface area contributed by atoms with Crippen molar-refractivity contribution in [2.75, 3.05) is 6.61 Å². The molecular formula is C24H20Cl2N2O3S. The number of benzene rings is 2. The monoisotopic (exact) mass is 486 g/mol. The minimum atomic E-state index is -0.631. The lowest BCUT2D eigenvalue weighted by atomic mass is 9.95. The number of aryl methyl sites for hydroxylation is 1. The van der Waals surface area contributed by atoms with Crippen LogP contribution in [0.25, 0.3) is 6.08 Å². The first-order valence-corrected chi connectivity index (χ1v) is 11.6. The molecule has 1 aliphatic heterocycles. The van der Waals surface area contributed by atoms with Gasteiger partial charge in [0.25, 0.3) is 5.56 Å². The Morgan fingerprint density at radius 3 is 2.56 bits per heavy atom. The maximum Gasteiger partial charge on any atom is 0.338 e. The molecule has 32 heavy (non-hydrogen) atoms. The molecule has 4 rings (SSSR count). The van der Waals surface area contributed by atoms with E-state index < -0.39 is 12.0 Å². The van der Waals surface area contributed by atoms with Crippen molar-refractivity contribution in [1.29, 1.82) is 0 Å². The van der Waals surface area contributed by atoms with Crippen LogP contribution in [0.15, 0.2) is 63.5 Å². The molecule has 0 fully saturated rings. The quantitative estimate of drug-likeness (QED) is 0.513. The molecule has 0 aliphatic carbocycles. The van der Waals surface area contributed by atoms with Crippen LogP contribution in [-0.2, 0) is 9.53 Å². The van der Waals surface area contributed by atoms with Gasteiger partial charge >= 0.3 is 5.97 Å². The number of esters is 1. The highest BCUT2D eigenvalue weighted by atomic mass is 35.5. The number of fused-ring (bicyclic) bond motifs is 1. The van der Waals surface area contributed by atoms with Crippen LogP contribution in [0.4, 0.5) is 0 Å². The van der Waals surface area contributed by atoms with Gasteiger partial charge < -0.3 is 4.74 Å². The van der Waals surface area contributed by atoms with Crippen LogP contribution in [0, 0.1) is 6.92 Å². The minimum absolute atomic E-state index is 0.232. The Morgan fingerprint density at radius 1 is 1.19 bits per heavy atom. The second-order valence-corrected chi connectivity index (χ2v) is 9.23. The Labute approximate surface area is 198 Å². The summed E-state index contributed by atoms with van der Waals surface area (Å²) in [4.78, 5) is 31.5. The van der Waals surface area contributed by atoms with Gasteiger partial charge in [0.1, 0.15) is 0 Å². The van der Waals surface area contributed by atoms with E-state index in [1.54, 1.807) is 42.7 Å². The third-order valence-electron chi connectivity index (χ3n) is 5.16. The maximum atomic E-state index is 13.5. The summed E-state index contributed by atoms with van der Waals surface area (Å²) in [5.41, 5.74) is 3.21. The molecule has 0 spiro atoms.